The number of aliphatic hydroxyl groups is 1. The van der Waals surface area contributed by atoms with Gasteiger partial charge in [0.15, 0.2) is 0 Å². The van der Waals surface area contributed by atoms with Gasteiger partial charge in [0.1, 0.15) is 11.5 Å². The summed E-state index contributed by atoms with van der Waals surface area (Å²) < 4.78 is 10.9. The van der Waals surface area contributed by atoms with Gasteiger partial charge in [0.05, 0.1) is 30.9 Å². The maximum atomic E-state index is 12.2. The van der Waals surface area contributed by atoms with Crippen LogP contribution in [-0.2, 0) is 4.79 Å². The first kappa shape index (κ1) is 20.7. The molecule has 0 heterocycles. The standard InChI is InChI=1S/C18H19BrN2O6/c1-26-12-4-5-13(17(10-12)27-2)16(22)7-8-18(23)20-15-9-11(21(24)25)3-6-14(15)19/h3-6,9-10,16,22H,7-8H2,1-2H3,(H,20,23). The molecule has 0 aliphatic carbocycles. The number of hydrogen-bond donors (Lipinski definition) is 2. The van der Waals surface area contributed by atoms with Crippen LogP contribution in [0.5, 0.6) is 11.5 Å². The van der Waals surface area contributed by atoms with Crippen molar-refractivity contribution < 1.29 is 24.3 Å². The molecule has 0 fully saturated rings. The number of halogens is 1. The minimum absolute atomic E-state index is 0.0193. The van der Waals surface area contributed by atoms with Crippen LogP contribution in [0.1, 0.15) is 24.5 Å². The second kappa shape index (κ2) is 9.33. The van der Waals surface area contributed by atoms with Crippen LogP contribution >= 0.6 is 15.9 Å². The van der Waals surface area contributed by atoms with Crippen molar-refractivity contribution in [3.05, 3.63) is 56.5 Å². The summed E-state index contributed by atoms with van der Waals surface area (Å²) in [6.07, 6.45) is -0.739. The number of methoxy groups -OCH3 is 2. The first-order valence-corrected chi connectivity index (χ1v) is 8.78. The number of anilines is 1. The van der Waals surface area contributed by atoms with Crippen molar-refractivity contribution in [3.8, 4) is 11.5 Å². The molecule has 2 N–H and O–H groups in total. The summed E-state index contributed by atoms with van der Waals surface area (Å²) in [5.41, 5.74) is 0.713. The van der Waals surface area contributed by atoms with E-state index in [0.29, 0.717) is 27.2 Å². The lowest BCUT2D eigenvalue weighted by Gasteiger charge is -2.16. The summed E-state index contributed by atoms with van der Waals surface area (Å²) in [4.78, 5) is 22.5. The number of nitro groups is 1. The molecule has 0 spiro atoms. The third-order valence-electron chi connectivity index (χ3n) is 3.88. The summed E-state index contributed by atoms with van der Waals surface area (Å²) in [5, 5.41) is 23.8. The molecule has 2 rings (SSSR count). The zero-order valence-electron chi connectivity index (χ0n) is 14.8. The van der Waals surface area contributed by atoms with Crippen LogP contribution in [0.25, 0.3) is 0 Å². The van der Waals surface area contributed by atoms with Crippen LogP contribution in [0.3, 0.4) is 0 Å². The summed E-state index contributed by atoms with van der Waals surface area (Å²) >= 11 is 3.24. The number of rotatable bonds is 8. The van der Waals surface area contributed by atoms with Crippen molar-refractivity contribution in [2.75, 3.05) is 19.5 Å². The zero-order chi connectivity index (χ0) is 20.0. The van der Waals surface area contributed by atoms with Crippen molar-refractivity contribution in [1.29, 1.82) is 0 Å². The maximum Gasteiger partial charge on any atom is 0.271 e. The molecule has 144 valence electrons. The third kappa shape index (κ3) is 5.41. The molecule has 1 amide bonds. The third-order valence-corrected chi connectivity index (χ3v) is 4.57. The average Bonchev–Trinajstić information content (AvgIpc) is 2.67. The Morgan fingerprint density at radius 1 is 1.26 bits per heavy atom. The lowest BCUT2D eigenvalue weighted by molar-refractivity contribution is -0.384. The van der Waals surface area contributed by atoms with Crippen LogP contribution in [0.15, 0.2) is 40.9 Å². The highest BCUT2D eigenvalue weighted by atomic mass is 79.9. The first-order chi connectivity index (χ1) is 12.8. The second-order valence-electron chi connectivity index (χ2n) is 5.63. The van der Waals surface area contributed by atoms with Crippen molar-refractivity contribution in [2.45, 2.75) is 18.9 Å². The Balaban J connectivity index is 2.01. The monoisotopic (exact) mass is 438 g/mol. The van der Waals surface area contributed by atoms with Crippen LogP contribution in [0.2, 0.25) is 0 Å². The normalized spacial score (nSPS) is 11.6. The smallest absolute Gasteiger partial charge is 0.271 e. The highest BCUT2D eigenvalue weighted by Gasteiger charge is 2.17. The number of aliphatic hydroxyl groups excluding tert-OH is 1. The van der Waals surface area contributed by atoms with Crippen LogP contribution < -0.4 is 14.8 Å². The van der Waals surface area contributed by atoms with E-state index in [4.69, 9.17) is 9.47 Å². The molecule has 0 saturated heterocycles. The Hall–Kier alpha value is -2.65. The molecular weight excluding hydrogens is 420 g/mol. The molecule has 0 saturated carbocycles. The number of carbonyl (C=O) groups excluding carboxylic acids is 1. The molecular formula is C18H19BrN2O6. The number of non-ortho nitro benzene ring substituents is 1. The zero-order valence-corrected chi connectivity index (χ0v) is 16.4. The van der Waals surface area contributed by atoms with E-state index in [1.165, 1.54) is 32.4 Å². The number of ether oxygens (including phenoxy) is 2. The molecule has 0 aromatic heterocycles. The molecule has 27 heavy (non-hydrogen) atoms. The van der Waals surface area contributed by atoms with Crippen LogP contribution in [0, 0.1) is 10.1 Å². The molecule has 0 radical (unpaired) electrons. The van der Waals surface area contributed by atoms with Gasteiger partial charge in [-0.15, -0.1) is 0 Å². The van der Waals surface area contributed by atoms with Gasteiger partial charge in [-0.05, 0) is 40.5 Å². The van der Waals surface area contributed by atoms with Crippen molar-refractivity contribution >= 4 is 33.2 Å². The summed E-state index contributed by atoms with van der Waals surface area (Å²) in [6, 6.07) is 9.12. The number of benzene rings is 2. The van der Waals surface area contributed by atoms with Gasteiger partial charge in [-0.2, -0.15) is 0 Å². The lowest BCUT2D eigenvalue weighted by atomic mass is 10.0. The SMILES string of the molecule is COc1ccc(C(O)CCC(=O)Nc2cc([N+](=O)[O-])ccc2Br)c(OC)c1. The molecule has 0 aliphatic heterocycles. The Kier molecular flexibility index (Phi) is 7.14. The minimum Gasteiger partial charge on any atom is -0.497 e. The first-order valence-electron chi connectivity index (χ1n) is 7.99. The molecule has 1 unspecified atom stereocenters. The molecule has 8 nitrogen and oxygen atoms in total. The van der Waals surface area contributed by atoms with E-state index in [0.717, 1.165) is 0 Å². The second-order valence-corrected chi connectivity index (χ2v) is 6.49. The van der Waals surface area contributed by atoms with E-state index < -0.39 is 11.0 Å². The minimum atomic E-state index is -0.912. The highest BCUT2D eigenvalue weighted by Crippen LogP contribution is 2.32. The molecule has 1 atom stereocenters. The van der Waals surface area contributed by atoms with Crippen LogP contribution in [-0.4, -0.2) is 30.2 Å². The number of nitrogens with one attached hydrogen (secondary N) is 1. The number of nitrogens with zero attached hydrogens (tertiary/aromatic N) is 1. The number of nitro benzene ring substituents is 1. The predicted octanol–water partition coefficient (Wildman–Crippen LogP) is 3.83. The Morgan fingerprint density at radius 3 is 2.63 bits per heavy atom. The summed E-state index contributed by atoms with van der Waals surface area (Å²) in [5.74, 6) is 0.683. The molecule has 0 aliphatic rings. The van der Waals surface area contributed by atoms with Gasteiger partial charge in [0.25, 0.3) is 5.69 Å². The Labute approximate surface area is 164 Å². The van der Waals surface area contributed by atoms with E-state index in [2.05, 4.69) is 21.2 Å². The van der Waals surface area contributed by atoms with Gasteiger partial charge in [-0.25, -0.2) is 0 Å². The molecule has 2 aromatic rings. The topological polar surface area (TPSA) is 111 Å². The maximum absolute atomic E-state index is 12.2. The van der Waals surface area contributed by atoms with Crippen molar-refractivity contribution in [1.82, 2.24) is 0 Å². The number of hydrogen-bond acceptors (Lipinski definition) is 6. The van der Waals surface area contributed by atoms with E-state index in [1.807, 2.05) is 0 Å². The van der Waals surface area contributed by atoms with E-state index in [9.17, 15) is 20.0 Å². The molecule has 9 heteroatoms. The van der Waals surface area contributed by atoms with Crippen molar-refractivity contribution in [3.63, 3.8) is 0 Å². The van der Waals surface area contributed by atoms with E-state index in [-0.39, 0.29) is 24.4 Å². The Morgan fingerprint density at radius 2 is 2.00 bits per heavy atom. The van der Waals surface area contributed by atoms with Gasteiger partial charge in [-0.3, -0.25) is 14.9 Å². The largest absolute Gasteiger partial charge is 0.497 e. The molecule has 0 bridgehead atoms. The number of carbonyl (C=O) groups is 1. The van der Waals surface area contributed by atoms with Gasteiger partial charge in [0, 0.05) is 34.7 Å². The van der Waals surface area contributed by atoms with Gasteiger partial charge in [-0.1, -0.05) is 0 Å². The quantitative estimate of drug-likeness (QED) is 0.478. The van der Waals surface area contributed by atoms with Gasteiger partial charge in [0.2, 0.25) is 5.91 Å². The number of amides is 1. The fraction of sp³-hybridized carbons (Fsp3) is 0.278. The fourth-order valence-corrected chi connectivity index (χ4v) is 2.80. The summed E-state index contributed by atoms with van der Waals surface area (Å²) in [7, 11) is 3.01. The van der Waals surface area contributed by atoms with Crippen LogP contribution in [0.4, 0.5) is 11.4 Å². The lowest BCUT2D eigenvalue weighted by Crippen LogP contribution is -2.13. The van der Waals surface area contributed by atoms with Crippen molar-refractivity contribution in [2.24, 2.45) is 0 Å². The van der Waals surface area contributed by atoms with Gasteiger partial charge >= 0.3 is 0 Å². The average molecular weight is 439 g/mol. The highest BCUT2D eigenvalue weighted by molar-refractivity contribution is 9.10. The fourth-order valence-electron chi connectivity index (χ4n) is 2.45. The van der Waals surface area contributed by atoms with E-state index >= 15 is 0 Å². The summed E-state index contributed by atoms with van der Waals surface area (Å²) in [6.45, 7) is 0. The molecule has 2 aromatic carbocycles. The van der Waals surface area contributed by atoms with Gasteiger partial charge < -0.3 is 19.9 Å². The Bertz CT molecular complexity index is 843. The van der Waals surface area contributed by atoms with E-state index in [1.54, 1.807) is 18.2 Å². The predicted molar refractivity (Wildman–Crippen MR) is 103 cm³/mol.